The Morgan fingerprint density at radius 3 is 2.67 bits per heavy atom. The normalized spacial score (nSPS) is 15.6. The fourth-order valence-electron chi connectivity index (χ4n) is 0.943. The molecular formula is C9H19NOS. The molecule has 2 unspecified atom stereocenters. The highest BCUT2D eigenvalue weighted by Crippen LogP contribution is 1.93. The van der Waals surface area contributed by atoms with Crippen LogP contribution in [-0.2, 0) is 10.8 Å². The van der Waals surface area contributed by atoms with E-state index in [1.165, 1.54) is 5.57 Å². The van der Waals surface area contributed by atoms with Gasteiger partial charge in [0.15, 0.2) is 0 Å². The van der Waals surface area contributed by atoms with E-state index in [2.05, 4.69) is 18.8 Å². The quantitative estimate of drug-likeness (QED) is 0.638. The number of hydrogen-bond donors (Lipinski definition) is 1. The summed E-state index contributed by atoms with van der Waals surface area (Å²) >= 11 is 0. The molecule has 0 aromatic rings. The molecule has 0 aromatic heterocycles. The van der Waals surface area contributed by atoms with E-state index < -0.39 is 10.8 Å². The Kier molecular flexibility index (Phi) is 6.30. The molecule has 72 valence electrons. The molecule has 0 fully saturated rings. The van der Waals surface area contributed by atoms with Crippen molar-refractivity contribution < 1.29 is 4.21 Å². The molecule has 3 heteroatoms. The maximum Gasteiger partial charge on any atom is 0.0383 e. The lowest BCUT2D eigenvalue weighted by atomic mass is 10.2. The van der Waals surface area contributed by atoms with E-state index in [0.717, 1.165) is 18.7 Å². The van der Waals surface area contributed by atoms with Gasteiger partial charge in [-0.25, -0.2) is 0 Å². The zero-order chi connectivity index (χ0) is 9.56. The predicted octanol–water partition coefficient (Wildman–Crippen LogP) is 1.31. The van der Waals surface area contributed by atoms with Crippen molar-refractivity contribution in [1.82, 2.24) is 5.32 Å². The van der Waals surface area contributed by atoms with Crippen molar-refractivity contribution in [1.29, 1.82) is 0 Å². The zero-order valence-corrected chi connectivity index (χ0v) is 9.04. The molecule has 0 aromatic carbocycles. The molecule has 0 heterocycles. The summed E-state index contributed by atoms with van der Waals surface area (Å²) in [6, 6.07) is 0.343. The van der Waals surface area contributed by atoms with Gasteiger partial charge in [-0.15, -0.1) is 6.58 Å². The van der Waals surface area contributed by atoms with Gasteiger partial charge in [0.2, 0.25) is 0 Å². The first-order valence-electron chi connectivity index (χ1n) is 4.20. The van der Waals surface area contributed by atoms with Gasteiger partial charge in [0, 0.05) is 28.9 Å². The van der Waals surface area contributed by atoms with Crippen LogP contribution >= 0.6 is 0 Å². The Hall–Kier alpha value is -0.150. The molecule has 0 saturated carbocycles. The molecule has 2 nitrogen and oxygen atoms in total. The van der Waals surface area contributed by atoms with E-state index in [1.54, 1.807) is 6.26 Å². The van der Waals surface area contributed by atoms with Crippen molar-refractivity contribution in [2.45, 2.75) is 26.3 Å². The predicted molar refractivity (Wildman–Crippen MR) is 55.8 cm³/mol. The fourth-order valence-corrected chi connectivity index (χ4v) is 1.76. The van der Waals surface area contributed by atoms with Crippen molar-refractivity contribution in [2.24, 2.45) is 0 Å². The lowest BCUT2D eigenvalue weighted by Gasteiger charge is -2.11. The molecule has 0 radical (unpaired) electrons. The third kappa shape index (κ3) is 7.95. The van der Waals surface area contributed by atoms with Gasteiger partial charge < -0.3 is 5.32 Å². The third-order valence-electron chi connectivity index (χ3n) is 1.53. The van der Waals surface area contributed by atoms with Crippen molar-refractivity contribution >= 4 is 10.8 Å². The third-order valence-corrected chi connectivity index (χ3v) is 2.50. The Morgan fingerprint density at radius 1 is 1.67 bits per heavy atom. The molecule has 2 atom stereocenters. The van der Waals surface area contributed by atoms with Crippen molar-refractivity contribution in [3.05, 3.63) is 12.2 Å². The molecule has 12 heavy (non-hydrogen) atoms. The second-order valence-corrected chi connectivity index (χ2v) is 4.78. The second kappa shape index (κ2) is 6.38. The summed E-state index contributed by atoms with van der Waals surface area (Å²) in [6.45, 7) is 8.82. The highest BCUT2D eigenvalue weighted by molar-refractivity contribution is 7.84. The Labute approximate surface area is 77.9 Å². The van der Waals surface area contributed by atoms with Crippen LogP contribution in [0.4, 0.5) is 0 Å². The van der Waals surface area contributed by atoms with Crippen LogP contribution in [-0.4, -0.2) is 28.8 Å². The summed E-state index contributed by atoms with van der Waals surface area (Å²) in [5, 5.41) is 3.29. The van der Waals surface area contributed by atoms with E-state index >= 15 is 0 Å². The summed E-state index contributed by atoms with van der Waals surface area (Å²) in [5.41, 5.74) is 1.19. The monoisotopic (exact) mass is 189 g/mol. The molecular weight excluding hydrogens is 170 g/mol. The standard InChI is InChI=1S/C9H19NOS/c1-8(2)5-6-10-9(3)7-12(4)11/h9-10H,1,5-7H2,2-4H3. The van der Waals surface area contributed by atoms with Gasteiger partial charge in [-0.3, -0.25) is 4.21 Å². The zero-order valence-electron chi connectivity index (χ0n) is 8.22. The average Bonchev–Trinajstić information content (AvgIpc) is 1.84. The molecule has 0 rings (SSSR count). The fraction of sp³-hybridized carbons (Fsp3) is 0.778. The molecule has 0 aliphatic rings. The maximum absolute atomic E-state index is 10.8. The van der Waals surface area contributed by atoms with Crippen LogP contribution in [0.3, 0.4) is 0 Å². The Balaban J connectivity index is 3.37. The first-order valence-corrected chi connectivity index (χ1v) is 5.93. The van der Waals surface area contributed by atoms with Crippen LogP contribution in [0.15, 0.2) is 12.2 Å². The lowest BCUT2D eigenvalue weighted by Crippen LogP contribution is -2.31. The largest absolute Gasteiger partial charge is 0.313 e. The van der Waals surface area contributed by atoms with Gasteiger partial charge in [0.25, 0.3) is 0 Å². The maximum atomic E-state index is 10.8. The van der Waals surface area contributed by atoms with Gasteiger partial charge in [-0.2, -0.15) is 0 Å². The average molecular weight is 189 g/mol. The molecule has 0 amide bonds. The molecule has 1 N–H and O–H groups in total. The molecule has 0 spiro atoms. The van der Waals surface area contributed by atoms with Crippen LogP contribution in [0.2, 0.25) is 0 Å². The number of hydrogen-bond acceptors (Lipinski definition) is 2. The Morgan fingerprint density at radius 2 is 2.25 bits per heavy atom. The van der Waals surface area contributed by atoms with Gasteiger partial charge >= 0.3 is 0 Å². The second-order valence-electron chi connectivity index (χ2n) is 3.30. The molecule has 0 aliphatic carbocycles. The Bertz CT molecular complexity index is 168. The minimum Gasteiger partial charge on any atom is -0.313 e. The number of nitrogens with one attached hydrogen (secondary N) is 1. The van der Waals surface area contributed by atoms with E-state index in [0.29, 0.717) is 6.04 Å². The van der Waals surface area contributed by atoms with Gasteiger partial charge in [-0.05, 0) is 26.8 Å². The summed E-state index contributed by atoms with van der Waals surface area (Å²) in [6.07, 6.45) is 2.73. The van der Waals surface area contributed by atoms with Crippen molar-refractivity contribution in [3.8, 4) is 0 Å². The molecule has 0 aliphatic heterocycles. The van der Waals surface area contributed by atoms with Crippen LogP contribution in [0.1, 0.15) is 20.3 Å². The smallest absolute Gasteiger partial charge is 0.0383 e. The van der Waals surface area contributed by atoms with Crippen LogP contribution in [0.5, 0.6) is 0 Å². The summed E-state index contributed by atoms with van der Waals surface area (Å²) in [4.78, 5) is 0. The SMILES string of the molecule is C=C(C)CCNC(C)CS(C)=O. The highest BCUT2D eigenvalue weighted by Gasteiger charge is 2.01. The van der Waals surface area contributed by atoms with E-state index in [1.807, 2.05) is 6.92 Å². The van der Waals surface area contributed by atoms with Crippen LogP contribution < -0.4 is 5.32 Å². The van der Waals surface area contributed by atoms with Crippen LogP contribution in [0.25, 0.3) is 0 Å². The van der Waals surface area contributed by atoms with Crippen LogP contribution in [0, 0.1) is 0 Å². The van der Waals surface area contributed by atoms with Gasteiger partial charge in [0.05, 0.1) is 0 Å². The number of rotatable bonds is 6. The minimum atomic E-state index is -0.695. The van der Waals surface area contributed by atoms with Gasteiger partial charge in [0.1, 0.15) is 0 Å². The summed E-state index contributed by atoms with van der Waals surface area (Å²) in [5.74, 6) is 0.732. The van der Waals surface area contributed by atoms with E-state index in [-0.39, 0.29) is 0 Å². The highest BCUT2D eigenvalue weighted by atomic mass is 32.2. The minimum absolute atomic E-state index is 0.343. The molecule has 0 saturated heterocycles. The van der Waals surface area contributed by atoms with Gasteiger partial charge in [-0.1, -0.05) is 5.57 Å². The molecule has 0 bridgehead atoms. The summed E-state index contributed by atoms with van der Waals surface area (Å²) < 4.78 is 10.8. The topological polar surface area (TPSA) is 29.1 Å². The summed E-state index contributed by atoms with van der Waals surface area (Å²) in [7, 11) is -0.695. The van der Waals surface area contributed by atoms with Crippen molar-refractivity contribution in [2.75, 3.05) is 18.6 Å². The first-order chi connectivity index (χ1) is 5.52. The lowest BCUT2D eigenvalue weighted by molar-refractivity contribution is 0.588. The first kappa shape index (κ1) is 11.8. The van der Waals surface area contributed by atoms with E-state index in [4.69, 9.17) is 0 Å². The van der Waals surface area contributed by atoms with Crippen molar-refractivity contribution in [3.63, 3.8) is 0 Å². The van der Waals surface area contributed by atoms with E-state index in [9.17, 15) is 4.21 Å².